The van der Waals surface area contributed by atoms with Crippen molar-refractivity contribution in [2.75, 3.05) is 12.0 Å². The van der Waals surface area contributed by atoms with Crippen LogP contribution in [0.3, 0.4) is 0 Å². The summed E-state index contributed by atoms with van der Waals surface area (Å²) in [7, 11) is -0.691. The van der Waals surface area contributed by atoms with E-state index in [0.29, 0.717) is 0 Å². The smallest absolute Gasteiger partial charge is 0.177 e. The maximum Gasteiger partial charge on any atom is 0.177 e. The van der Waals surface area contributed by atoms with Gasteiger partial charge in [-0.05, 0) is 18.6 Å². The first-order valence-electron chi connectivity index (χ1n) is 3.74. The molecule has 0 aliphatic carbocycles. The number of nitrogens with zero attached hydrogens (tertiary/aromatic N) is 1. The first-order valence-corrected chi connectivity index (χ1v) is 5.87. The van der Waals surface area contributed by atoms with E-state index in [0.717, 1.165) is 23.5 Å². The van der Waals surface area contributed by atoms with E-state index >= 15 is 0 Å². The van der Waals surface area contributed by atoms with Crippen molar-refractivity contribution >= 4 is 23.0 Å². The highest BCUT2D eigenvalue weighted by molar-refractivity contribution is 7.84. The fraction of sp³-hybridized carbons (Fsp3) is 0.571. The minimum atomic E-state index is -0.691. The number of rotatable bonds is 4. The van der Waals surface area contributed by atoms with Gasteiger partial charge in [-0.2, -0.15) is 0 Å². The van der Waals surface area contributed by atoms with E-state index < -0.39 is 10.8 Å². The van der Waals surface area contributed by atoms with E-state index in [1.165, 1.54) is 0 Å². The van der Waals surface area contributed by atoms with Crippen molar-refractivity contribution in [2.45, 2.75) is 13.0 Å². The molecule has 1 N–H and O–H groups in total. The van der Waals surface area contributed by atoms with Crippen LogP contribution >= 0.6 is 12.2 Å². The molecular formula is C7H12N2OS2. The van der Waals surface area contributed by atoms with Crippen LogP contribution in [0, 0.1) is 4.77 Å². The molecule has 1 atom stereocenters. The normalized spacial score (nSPS) is 13.1. The Balaban J connectivity index is 2.39. The Kier molecular flexibility index (Phi) is 3.68. The Labute approximate surface area is 79.3 Å². The van der Waals surface area contributed by atoms with Gasteiger partial charge in [-0.3, -0.25) is 4.21 Å². The zero-order chi connectivity index (χ0) is 8.97. The van der Waals surface area contributed by atoms with Gasteiger partial charge in [0.05, 0.1) is 0 Å². The number of nitrogens with one attached hydrogen (secondary N) is 1. The predicted octanol–water partition coefficient (Wildman–Crippen LogP) is 1.31. The summed E-state index contributed by atoms with van der Waals surface area (Å²) in [6, 6.07) is 0. The third-order valence-electron chi connectivity index (χ3n) is 1.55. The molecule has 0 saturated carbocycles. The second kappa shape index (κ2) is 4.57. The van der Waals surface area contributed by atoms with Crippen LogP contribution in [0.5, 0.6) is 0 Å². The Morgan fingerprint density at radius 3 is 3.00 bits per heavy atom. The van der Waals surface area contributed by atoms with Crippen molar-refractivity contribution in [3.63, 3.8) is 0 Å². The fourth-order valence-electron chi connectivity index (χ4n) is 0.963. The second-order valence-corrected chi connectivity index (χ2v) is 4.53. The molecule has 0 aliphatic heterocycles. The SMILES string of the molecule is CS(=O)CCCn1cc[nH]c1=S. The lowest BCUT2D eigenvalue weighted by molar-refractivity contribution is 0.656. The first kappa shape index (κ1) is 9.67. The molecule has 1 unspecified atom stereocenters. The Morgan fingerprint density at radius 1 is 1.75 bits per heavy atom. The maximum absolute atomic E-state index is 10.7. The average molecular weight is 204 g/mol. The van der Waals surface area contributed by atoms with Crippen LogP contribution in [-0.4, -0.2) is 25.8 Å². The molecule has 0 amide bonds. The molecule has 1 aromatic rings. The van der Waals surface area contributed by atoms with Gasteiger partial charge in [0, 0.05) is 41.7 Å². The summed E-state index contributed by atoms with van der Waals surface area (Å²) in [6.45, 7) is 0.849. The molecule has 0 radical (unpaired) electrons. The highest BCUT2D eigenvalue weighted by Crippen LogP contribution is 1.94. The number of imidazole rings is 1. The van der Waals surface area contributed by atoms with Gasteiger partial charge in [0.25, 0.3) is 0 Å². The highest BCUT2D eigenvalue weighted by Gasteiger charge is 1.94. The molecular weight excluding hydrogens is 192 g/mol. The topological polar surface area (TPSA) is 37.8 Å². The van der Waals surface area contributed by atoms with Crippen LogP contribution < -0.4 is 0 Å². The van der Waals surface area contributed by atoms with Gasteiger partial charge in [0.2, 0.25) is 0 Å². The lowest BCUT2D eigenvalue weighted by Gasteiger charge is -1.99. The van der Waals surface area contributed by atoms with Crippen LogP contribution in [0.25, 0.3) is 0 Å². The standard InChI is InChI=1S/C7H12N2OS2/c1-12(10)6-2-4-9-5-3-8-7(9)11/h3,5H,2,4,6H2,1H3,(H,8,11). The van der Waals surface area contributed by atoms with E-state index in [-0.39, 0.29) is 0 Å². The number of H-pyrrole nitrogens is 1. The van der Waals surface area contributed by atoms with Crippen molar-refractivity contribution in [3.8, 4) is 0 Å². The first-order chi connectivity index (χ1) is 5.70. The molecule has 0 fully saturated rings. The Bertz CT molecular complexity index is 315. The van der Waals surface area contributed by atoms with Gasteiger partial charge in [-0.1, -0.05) is 0 Å². The summed E-state index contributed by atoms with van der Waals surface area (Å²) in [5.41, 5.74) is 0. The van der Waals surface area contributed by atoms with Crippen molar-refractivity contribution in [2.24, 2.45) is 0 Å². The third kappa shape index (κ3) is 2.91. The minimum Gasteiger partial charge on any atom is -0.337 e. The van der Waals surface area contributed by atoms with Gasteiger partial charge in [-0.15, -0.1) is 0 Å². The van der Waals surface area contributed by atoms with E-state index in [1.807, 2.05) is 17.0 Å². The molecule has 12 heavy (non-hydrogen) atoms. The largest absolute Gasteiger partial charge is 0.337 e. The number of aromatic nitrogens is 2. The lowest BCUT2D eigenvalue weighted by atomic mass is 10.5. The molecule has 5 heteroatoms. The van der Waals surface area contributed by atoms with Crippen molar-refractivity contribution in [3.05, 3.63) is 17.2 Å². The molecule has 1 rings (SSSR count). The summed E-state index contributed by atoms with van der Waals surface area (Å²) in [5.74, 6) is 0.743. The van der Waals surface area contributed by atoms with Gasteiger partial charge in [-0.25, -0.2) is 0 Å². The molecule has 1 heterocycles. The number of hydrogen-bond acceptors (Lipinski definition) is 2. The zero-order valence-corrected chi connectivity index (χ0v) is 8.58. The van der Waals surface area contributed by atoms with Gasteiger partial charge < -0.3 is 9.55 Å². The Morgan fingerprint density at radius 2 is 2.50 bits per heavy atom. The molecule has 0 bridgehead atoms. The van der Waals surface area contributed by atoms with Crippen LogP contribution in [0.4, 0.5) is 0 Å². The summed E-state index contributed by atoms with van der Waals surface area (Å²) in [6.07, 6.45) is 6.35. The van der Waals surface area contributed by atoms with Crippen LogP contribution in [0.2, 0.25) is 0 Å². The van der Waals surface area contributed by atoms with Crippen LogP contribution in [0.1, 0.15) is 6.42 Å². The van der Waals surface area contributed by atoms with Crippen LogP contribution in [0.15, 0.2) is 12.4 Å². The lowest BCUT2D eigenvalue weighted by Crippen LogP contribution is -2.01. The summed E-state index contributed by atoms with van der Waals surface area (Å²) in [4.78, 5) is 2.91. The molecule has 0 aliphatic rings. The van der Waals surface area contributed by atoms with Crippen molar-refractivity contribution < 1.29 is 4.21 Å². The predicted molar refractivity (Wildman–Crippen MR) is 53.2 cm³/mol. The van der Waals surface area contributed by atoms with Crippen molar-refractivity contribution in [1.82, 2.24) is 9.55 Å². The van der Waals surface area contributed by atoms with E-state index in [2.05, 4.69) is 4.98 Å². The van der Waals surface area contributed by atoms with E-state index in [1.54, 1.807) is 6.26 Å². The van der Waals surface area contributed by atoms with Gasteiger partial charge >= 0.3 is 0 Å². The number of hydrogen-bond donors (Lipinski definition) is 1. The quantitative estimate of drug-likeness (QED) is 0.751. The summed E-state index contributed by atoms with van der Waals surface area (Å²) >= 11 is 5.00. The number of aromatic amines is 1. The third-order valence-corrected chi connectivity index (χ3v) is 2.77. The highest BCUT2D eigenvalue weighted by atomic mass is 32.2. The Hall–Kier alpha value is -0.420. The second-order valence-electron chi connectivity index (χ2n) is 2.59. The zero-order valence-electron chi connectivity index (χ0n) is 6.95. The average Bonchev–Trinajstić information content (AvgIpc) is 2.36. The molecule has 0 spiro atoms. The minimum absolute atomic E-state index is 0.691. The fourth-order valence-corrected chi connectivity index (χ4v) is 1.72. The number of aryl methyl sites for hydroxylation is 1. The van der Waals surface area contributed by atoms with Crippen LogP contribution in [-0.2, 0) is 17.3 Å². The molecule has 0 saturated heterocycles. The molecule has 1 aromatic heterocycles. The van der Waals surface area contributed by atoms with E-state index in [9.17, 15) is 4.21 Å². The maximum atomic E-state index is 10.7. The van der Waals surface area contributed by atoms with Gasteiger partial charge in [0.1, 0.15) is 0 Å². The monoisotopic (exact) mass is 204 g/mol. The molecule has 68 valence electrons. The molecule has 3 nitrogen and oxygen atoms in total. The summed E-state index contributed by atoms with van der Waals surface area (Å²) in [5, 5.41) is 0. The van der Waals surface area contributed by atoms with E-state index in [4.69, 9.17) is 12.2 Å². The van der Waals surface area contributed by atoms with Crippen molar-refractivity contribution in [1.29, 1.82) is 0 Å². The summed E-state index contributed by atoms with van der Waals surface area (Å²) < 4.78 is 13.4. The van der Waals surface area contributed by atoms with Gasteiger partial charge in [0.15, 0.2) is 4.77 Å². The molecule has 0 aromatic carbocycles.